The van der Waals surface area contributed by atoms with Crippen molar-refractivity contribution in [2.75, 3.05) is 26.3 Å². The molecule has 0 bridgehead atoms. The number of halogens is 1. The van der Waals surface area contributed by atoms with Gasteiger partial charge in [-0.3, -0.25) is 4.79 Å². The molecular formula is C24H34FN3O4. The molecule has 4 rings (SSSR count). The first-order valence-electron chi connectivity index (χ1n) is 11.8. The number of nitrogens with one attached hydrogen (secondary N) is 2. The van der Waals surface area contributed by atoms with E-state index in [1.165, 1.54) is 5.56 Å². The molecule has 1 aromatic rings. The molecule has 2 heterocycles. The summed E-state index contributed by atoms with van der Waals surface area (Å²) >= 11 is 0. The summed E-state index contributed by atoms with van der Waals surface area (Å²) in [7, 11) is 0. The molecule has 7 nitrogen and oxygen atoms in total. The molecule has 2 saturated heterocycles. The van der Waals surface area contributed by atoms with Gasteiger partial charge in [0.2, 0.25) is 0 Å². The van der Waals surface area contributed by atoms with Gasteiger partial charge in [0.05, 0.1) is 30.9 Å². The maximum Gasteiger partial charge on any atom is 0.317 e. The van der Waals surface area contributed by atoms with Crippen molar-refractivity contribution in [2.45, 2.75) is 75.4 Å². The number of nitrogens with zero attached hydrogens (tertiary/aromatic N) is 1. The molecular weight excluding hydrogens is 413 g/mol. The van der Waals surface area contributed by atoms with Crippen molar-refractivity contribution >= 4 is 11.9 Å². The van der Waals surface area contributed by atoms with Crippen molar-refractivity contribution in [2.24, 2.45) is 0 Å². The van der Waals surface area contributed by atoms with Crippen LogP contribution in [0.4, 0.5) is 9.18 Å². The lowest BCUT2D eigenvalue weighted by atomic mass is 9.80. The van der Waals surface area contributed by atoms with Gasteiger partial charge >= 0.3 is 6.03 Å². The van der Waals surface area contributed by atoms with Crippen LogP contribution in [0.25, 0.3) is 0 Å². The fourth-order valence-electron chi connectivity index (χ4n) is 5.40. The van der Waals surface area contributed by atoms with E-state index >= 15 is 0 Å². The monoisotopic (exact) mass is 447 g/mol. The number of benzene rings is 1. The topological polar surface area (TPSA) is 79.9 Å². The van der Waals surface area contributed by atoms with Crippen molar-refractivity contribution in [3.63, 3.8) is 0 Å². The first-order valence-corrected chi connectivity index (χ1v) is 11.8. The molecule has 3 atom stereocenters. The number of hydrogen-bond donors (Lipinski definition) is 2. The number of morpholine rings is 1. The van der Waals surface area contributed by atoms with E-state index in [1.807, 2.05) is 13.0 Å². The third-order valence-electron chi connectivity index (χ3n) is 7.13. The minimum atomic E-state index is -1.96. The van der Waals surface area contributed by atoms with Gasteiger partial charge in [-0.25, -0.2) is 9.18 Å². The summed E-state index contributed by atoms with van der Waals surface area (Å²) < 4.78 is 25.2. The van der Waals surface area contributed by atoms with Gasteiger partial charge in [0.25, 0.3) is 12.3 Å². The summed E-state index contributed by atoms with van der Waals surface area (Å²) in [6.07, 6.45) is 3.51. The molecule has 3 fully saturated rings. The van der Waals surface area contributed by atoms with Crippen LogP contribution in [0.1, 0.15) is 56.9 Å². The van der Waals surface area contributed by atoms with Crippen molar-refractivity contribution in [3.8, 4) is 0 Å². The quantitative estimate of drug-likeness (QED) is 0.727. The van der Waals surface area contributed by atoms with Gasteiger partial charge < -0.3 is 25.0 Å². The first kappa shape index (κ1) is 23.0. The van der Waals surface area contributed by atoms with E-state index in [2.05, 4.69) is 34.9 Å². The Hall–Kier alpha value is -2.19. The summed E-state index contributed by atoms with van der Waals surface area (Å²) in [5.41, 5.74) is 0.548. The Morgan fingerprint density at radius 3 is 2.72 bits per heavy atom. The molecule has 3 amide bonds. The van der Waals surface area contributed by atoms with Crippen molar-refractivity contribution in [1.82, 2.24) is 15.5 Å². The van der Waals surface area contributed by atoms with Crippen LogP contribution in [-0.4, -0.2) is 67.2 Å². The average molecular weight is 448 g/mol. The molecule has 8 heteroatoms. The standard InChI is InChI=1S/C24H34FN3O4/c1-2-26-23(30)28-14-6-13-24(16-32-21(25)22(29)27-24)20(28)15-31-19-11-9-18(10-12-19)17-7-4-3-5-8-17/h3-5,7-8,18-21H,2,6,9-16H2,1H3,(H,26,30)(H,27,29)/t18?,19?,20-,21?,24+/m0/s1. The van der Waals surface area contributed by atoms with Crippen LogP contribution in [0.3, 0.4) is 0 Å². The molecule has 1 unspecified atom stereocenters. The second kappa shape index (κ2) is 10.2. The third kappa shape index (κ3) is 4.91. The van der Waals surface area contributed by atoms with Crippen LogP contribution < -0.4 is 10.6 Å². The minimum Gasteiger partial charge on any atom is -0.376 e. The fourth-order valence-corrected chi connectivity index (χ4v) is 5.40. The second-order valence-corrected chi connectivity index (χ2v) is 9.14. The molecule has 2 N–H and O–H groups in total. The first-order chi connectivity index (χ1) is 15.5. The highest BCUT2D eigenvalue weighted by Crippen LogP contribution is 2.36. The summed E-state index contributed by atoms with van der Waals surface area (Å²) in [5, 5.41) is 5.69. The predicted octanol–water partition coefficient (Wildman–Crippen LogP) is 3.10. The molecule has 1 spiro atoms. The molecule has 0 aromatic heterocycles. The maximum absolute atomic E-state index is 13.7. The molecule has 176 valence electrons. The van der Waals surface area contributed by atoms with Crippen LogP contribution in [-0.2, 0) is 14.3 Å². The number of alkyl halides is 1. The van der Waals surface area contributed by atoms with Gasteiger partial charge in [-0.05, 0) is 56.9 Å². The van der Waals surface area contributed by atoms with Gasteiger partial charge in [0.1, 0.15) is 0 Å². The number of rotatable bonds is 5. The number of likely N-dealkylation sites (tertiary alicyclic amines) is 1. The molecule has 0 radical (unpaired) electrons. The molecule has 32 heavy (non-hydrogen) atoms. The Bertz CT molecular complexity index is 787. The number of carbonyl (C=O) groups is 2. The summed E-state index contributed by atoms with van der Waals surface area (Å²) in [6.45, 7) is 3.27. The number of hydrogen-bond acceptors (Lipinski definition) is 4. The molecule has 1 aliphatic carbocycles. The lowest BCUT2D eigenvalue weighted by Gasteiger charge is -2.51. The number of urea groups is 1. The minimum absolute atomic E-state index is 0.0323. The number of amides is 3. The Morgan fingerprint density at radius 1 is 1.28 bits per heavy atom. The summed E-state index contributed by atoms with van der Waals surface area (Å²) in [4.78, 5) is 26.6. The van der Waals surface area contributed by atoms with Crippen LogP contribution in [0.5, 0.6) is 0 Å². The SMILES string of the molecule is CCNC(=O)N1CCC[C@@]2(COC(F)C(=O)N2)[C@@H]1COC1CCC(c2ccccc2)CC1. The molecule has 1 aromatic carbocycles. The van der Waals surface area contributed by atoms with Crippen molar-refractivity contribution < 1.29 is 23.5 Å². The van der Waals surface area contributed by atoms with Crippen LogP contribution >= 0.6 is 0 Å². The zero-order valence-corrected chi connectivity index (χ0v) is 18.7. The fraction of sp³-hybridized carbons (Fsp3) is 0.667. The predicted molar refractivity (Wildman–Crippen MR) is 118 cm³/mol. The molecule has 2 aliphatic heterocycles. The van der Waals surface area contributed by atoms with Crippen LogP contribution in [0, 0.1) is 0 Å². The van der Waals surface area contributed by atoms with Crippen molar-refractivity contribution in [1.29, 1.82) is 0 Å². The highest BCUT2D eigenvalue weighted by atomic mass is 19.1. The summed E-state index contributed by atoms with van der Waals surface area (Å²) in [6, 6.07) is 9.98. The van der Waals surface area contributed by atoms with E-state index in [9.17, 15) is 14.0 Å². The number of piperidine rings is 1. The van der Waals surface area contributed by atoms with Gasteiger partial charge in [-0.15, -0.1) is 0 Å². The average Bonchev–Trinajstić information content (AvgIpc) is 2.82. The van der Waals surface area contributed by atoms with Crippen LogP contribution in [0.2, 0.25) is 0 Å². The van der Waals surface area contributed by atoms with E-state index in [1.54, 1.807) is 4.90 Å². The lowest BCUT2D eigenvalue weighted by Crippen LogP contribution is -2.73. The highest BCUT2D eigenvalue weighted by molar-refractivity contribution is 5.81. The zero-order valence-electron chi connectivity index (χ0n) is 18.7. The van der Waals surface area contributed by atoms with E-state index in [-0.39, 0.29) is 18.7 Å². The zero-order chi connectivity index (χ0) is 22.6. The Kier molecular flexibility index (Phi) is 7.30. The van der Waals surface area contributed by atoms with Gasteiger partial charge in [-0.2, -0.15) is 0 Å². The van der Waals surface area contributed by atoms with E-state index in [0.29, 0.717) is 38.5 Å². The molecule has 1 saturated carbocycles. The van der Waals surface area contributed by atoms with E-state index in [4.69, 9.17) is 9.47 Å². The molecule has 3 aliphatic rings. The smallest absolute Gasteiger partial charge is 0.317 e. The lowest BCUT2D eigenvalue weighted by molar-refractivity contribution is -0.172. The Morgan fingerprint density at radius 2 is 2.03 bits per heavy atom. The Balaban J connectivity index is 1.42. The van der Waals surface area contributed by atoms with Gasteiger partial charge in [-0.1, -0.05) is 30.3 Å². The van der Waals surface area contributed by atoms with E-state index in [0.717, 1.165) is 25.7 Å². The largest absolute Gasteiger partial charge is 0.376 e. The summed E-state index contributed by atoms with van der Waals surface area (Å²) in [5.74, 6) is -0.223. The van der Waals surface area contributed by atoms with Crippen LogP contribution in [0.15, 0.2) is 30.3 Å². The van der Waals surface area contributed by atoms with Gasteiger partial charge in [0, 0.05) is 13.1 Å². The van der Waals surface area contributed by atoms with Crippen molar-refractivity contribution in [3.05, 3.63) is 35.9 Å². The normalized spacial score (nSPS) is 33.1. The number of carbonyl (C=O) groups excluding carboxylic acids is 2. The third-order valence-corrected chi connectivity index (χ3v) is 7.13. The maximum atomic E-state index is 13.7. The van der Waals surface area contributed by atoms with E-state index < -0.39 is 23.8 Å². The highest BCUT2D eigenvalue weighted by Gasteiger charge is 2.51. The number of ether oxygens (including phenoxy) is 2. The second-order valence-electron chi connectivity index (χ2n) is 9.14. The Labute approximate surface area is 189 Å². The van der Waals surface area contributed by atoms with Gasteiger partial charge in [0.15, 0.2) is 0 Å².